The molecule has 0 saturated heterocycles. The van der Waals surface area contributed by atoms with Gasteiger partial charge in [-0.1, -0.05) is 17.4 Å². The number of halogens is 1. The van der Waals surface area contributed by atoms with E-state index in [2.05, 4.69) is 46.9 Å². The average Bonchev–Trinajstić information content (AvgIpc) is 3.00. The zero-order valence-electron chi connectivity index (χ0n) is 11.8. The molecule has 2 heterocycles. The molecular weight excluding hydrogens is 368 g/mol. The molecule has 0 bridgehead atoms. The Balaban J connectivity index is 2.17. The van der Waals surface area contributed by atoms with Gasteiger partial charge in [-0.25, -0.2) is 0 Å². The normalized spacial score (nSPS) is 12.3. The molecule has 21 heavy (non-hydrogen) atoms. The number of nitrogens with zero attached hydrogens (tertiary/aromatic N) is 2. The van der Waals surface area contributed by atoms with Crippen molar-refractivity contribution < 1.29 is 4.79 Å². The lowest BCUT2D eigenvalue weighted by Crippen LogP contribution is -2.13. The van der Waals surface area contributed by atoms with E-state index in [4.69, 9.17) is 0 Å². The third-order valence-corrected chi connectivity index (χ3v) is 6.18. The SMILES string of the molecule is Cc1ccc2sc(=NC(=O)c3ccc(Br)s3)n(C)c2c1C. The first-order valence-electron chi connectivity index (χ1n) is 6.37. The summed E-state index contributed by atoms with van der Waals surface area (Å²) in [5.41, 5.74) is 3.63. The lowest BCUT2D eigenvalue weighted by molar-refractivity contribution is 0.100. The van der Waals surface area contributed by atoms with E-state index in [1.165, 1.54) is 22.5 Å². The predicted octanol–water partition coefficient (Wildman–Crippen LogP) is 4.42. The highest BCUT2D eigenvalue weighted by molar-refractivity contribution is 9.11. The van der Waals surface area contributed by atoms with Crippen molar-refractivity contribution in [1.29, 1.82) is 0 Å². The van der Waals surface area contributed by atoms with Crippen molar-refractivity contribution in [3.63, 3.8) is 0 Å². The van der Waals surface area contributed by atoms with Crippen molar-refractivity contribution >= 4 is 54.7 Å². The van der Waals surface area contributed by atoms with Crippen molar-refractivity contribution in [2.75, 3.05) is 0 Å². The van der Waals surface area contributed by atoms with Gasteiger partial charge in [0.15, 0.2) is 4.80 Å². The molecule has 0 radical (unpaired) electrons. The van der Waals surface area contributed by atoms with Crippen molar-refractivity contribution in [2.24, 2.45) is 12.0 Å². The van der Waals surface area contributed by atoms with E-state index in [9.17, 15) is 4.79 Å². The minimum Gasteiger partial charge on any atom is -0.319 e. The highest BCUT2D eigenvalue weighted by Gasteiger charge is 2.11. The predicted molar refractivity (Wildman–Crippen MR) is 92.2 cm³/mol. The first-order valence-corrected chi connectivity index (χ1v) is 8.80. The van der Waals surface area contributed by atoms with Crippen LogP contribution in [-0.2, 0) is 7.05 Å². The van der Waals surface area contributed by atoms with Gasteiger partial charge in [-0.05, 0) is 59.1 Å². The maximum Gasteiger partial charge on any atom is 0.289 e. The van der Waals surface area contributed by atoms with Gasteiger partial charge in [-0.15, -0.1) is 11.3 Å². The number of hydrogen-bond acceptors (Lipinski definition) is 3. The van der Waals surface area contributed by atoms with Crippen LogP contribution in [-0.4, -0.2) is 10.5 Å². The highest BCUT2D eigenvalue weighted by atomic mass is 79.9. The molecule has 6 heteroatoms. The van der Waals surface area contributed by atoms with Crippen LogP contribution in [0, 0.1) is 13.8 Å². The molecule has 3 nitrogen and oxygen atoms in total. The number of benzene rings is 1. The maximum absolute atomic E-state index is 12.2. The fourth-order valence-electron chi connectivity index (χ4n) is 2.21. The number of aromatic nitrogens is 1. The molecule has 0 aliphatic heterocycles. The Hall–Kier alpha value is -1.24. The quantitative estimate of drug-likeness (QED) is 0.614. The fourth-order valence-corrected chi connectivity index (χ4v) is 4.55. The number of aryl methyl sites for hydroxylation is 3. The maximum atomic E-state index is 12.2. The molecule has 0 fully saturated rings. The molecule has 0 saturated carbocycles. The topological polar surface area (TPSA) is 34.4 Å². The summed E-state index contributed by atoms with van der Waals surface area (Å²) in [6.07, 6.45) is 0. The van der Waals surface area contributed by atoms with Crippen LogP contribution in [0.3, 0.4) is 0 Å². The molecule has 0 aliphatic rings. The largest absolute Gasteiger partial charge is 0.319 e. The van der Waals surface area contributed by atoms with Crippen LogP contribution in [0.1, 0.15) is 20.8 Å². The summed E-state index contributed by atoms with van der Waals surface area (Å²) >= 11 is 6.32. The fraction of sp³-hybridized carbons (Fsp3) is 0.200. The van der Waals surface area contributed by atoms with Crippen molar-refractivity contribution in [3.8, 4) is 0 Å². The zero-order valence-corrected chi connectivity index (χ0v) is 15.0. The molecule has 3 rings (SSSR count). The number of fused-ring (bicyclic) bond motifs is 1. The molecule has 0 unspecified atom stereocenters. The molecule has 2 aromatic heterocycles. The monoisotopic (exact) mass is 380 g/mol. The Labute approximate surface area is 138 Å². The molecule has 1 amide bonds. The van der Waals surface area contributed by atoms with Gasteiger partial charge in [0.2, 0.25) is 0 Å². The van der Waals surface area contributed by atoms with Crippen LogP contribution in [0.2, 0.25) is 0 Å². The standard InChI is InChI=1S/C15H13BrN2OS2/c1-8-4-5-10-13(9(8)2)18(3)15(21-10)17-14(19)11-6-7-12(16)20-11/h4-7H,1-3H3. The first-order chi connectivity index (χ1) is 9.97. The van der Waals surface area contributed by atoms with E-state index in [1.807, 2.05) is 17.7 Å². The van der Waals surface area contributed by atoms with E-state index in [-0.39, 0.29) is 5.91 Å². The molecule has 0 atom stereocenters. The number of thiazole rings is 1. The summed E-state index contributed by atoms with van der Waals surface area (Å²) in [5.74, 6) is -0.192. The third-order valence-electron chi connectivity index (χ3n) is 3.47. The lowest BCUT2D eigenvalue weighted by Gasteiger charge is -2.03. The Bertz CT molecular complexity index is 918. The minimum atomic E-state index is -0.192. The second-order valence-corrected chi connectivity index (χ2v) is 8.29. The second-order valence-electron chi connectivity index (χ2n) is 4.82. The van der Waals surface area contributed by atoms with Gasteiger partial charge in [0.05, 0.1) is 18.9 Å². The highest BCUT2D eigenvalue weighted by Crippen LogP contribution is 2.24. The Kier molecular flexibility index (Phi) is 3.86. The number of carbonyl (C=O) groups excluding carboxylic acids is 1. The van der Waals surface area contributed by atoms with E-state index in [0.717, 1.165) is 18.8 Å². The van der Waals surface area contributed by atoms with Gasteiger partial charge in [-0.3, -0.25) is 4.79 Å². The number of thiophene rings is 1. The summed E-state index contributed by atoms with van der Waals surface area (Å²) in [6, 6.07) is 7.86. The van der Waals surface area contributed by atoms with Gasteiger partial charge in [0.25, 0.3) is 5.91 Å². The second kappa shape index (κ2) is 5.51. The van der Waals surface area contributed by atoms with Crippen LogP contribution >= 0.6 is 38.6 Å². The van der Waals surface area contributed by atoms with Gasteiger partial charge < -0.3 is 4.57 Å². The summed E-state index contributed by atoms with van der Waals surface area (Å²) in [7, 11) is 1.96. The molecule has 108 valence electrons. The van der Waals surface area contributed by atoms with Gasteiger partial charge in [0.1, 0.15) is 0 Å². The van der Waals surface area contributed by atoms with Gasteiger partial charge in [0, 0.05) is 7.05 Å². The van der Waals surface area contributed by atoms with Crippen molar-refractivity contribution in [1.82, 2.24) is 4.57 Å². The van der Waals surface area contributed by atoms with Crippen molar-refractivity contribution in [2.45, 2.75) is 13.8 Å². The molecule has 3 aromatic rings. The number of hydrogen-bond donors (Lipinski definition) is 0. The first kappa shape index (κ1) is 14.7. The van der Waals surface area contributed by atoms with Gasteiger partial charge >= 0.3 is 0 Å². The third kappa shape index (κ3) is 2.63. The minimum absolute atomic E-state index is 0.192. The van der Waals surface area contributed by atoms with E-state index < -0.39 is 0 Å². The smallest absolute Gasteiger partial charge is 0.289 e. The summed E-state index contributed by atoms with van der Waals surface area (Å²) in [4.78, 5) is 17.9. The molecule has 1 aromatic carbocycles. The van der Waals surface area contributed by atoms with E-state index in [0.29, 0.717) is 4.88 Å². The summed E-state index contributed by atoms with van der Waals surface area (Å²) in [6.45, 7) is 4.20. The zero-order chi connectivity index (χ0) is 15.1. The average molecular weight is 381 g/mol. The Morgan fingerprint density at radius 1 is 1.19 bits per heavy atom. The molecular formula is C15H13BrN2OS2. The number of carbonyl (C=O) groups is 1. The Morgan fingerprint density at radius 3 is 2.62 bits per heavy atom. The van der Waals surface area contributed by atoms with Crippen LogP contribution in [0.5, 0.6) is 0 Å². The van der Waals surface area contributed by atoms with E-state index >= 15 is 0 Å². The molecule has 0 N–H and O–H groups in total. The number of amides is 1. The van der Waals surface area contributed by atoms with Crippen LogP contribution in [0.4, 0.5) is 0 Å². The van der Waals surface area contributed by atoms with Crippen LogP contribution in [0.25, 0.3) is 10.2 Å². The lowest BCUT2D eigenvalue weighted by atomic mass is 10.1. The van der Waals surface area contributed by atoms with Crippen LogP contribution < -0.4 is 4.80 Å². The summed E-state index contributed by atoms with van der Waals surface area (Å²) < 4.78 is 4.09. The Morgan fingerprint density at radius 2 is 1.95 bits per heavy atom. The van der Waals surface area contributed by atoms with Crippen LogP contribution in [0.15, 0.2) is 33.0 Å². The number of rotatable bonds is 1. The van der Waals surface area contributed by atoms with E-state index in [1.54, 1.807) is 17.4 Å². The van der Waals surface area contributed by atoms with Crippen molar-refractivity contribution in [3.05, 3.63) is 48.9 Å². The molecule has 0 aliphatic carbocycles. The summed E-state index contributed by atoms with van der Waals surface area (Å²) in [5, 5.41) is 0. The molecule has 0 spiro atoms. The van der Waals surface area contributed by atoms with Gasteiger partial charge in [-0.2, -0.15) is 4.99 Å².